The molecule has 0 saturated carbocycles. The van der Waals surface area contributed by atoms with E-state index in [0.717, 1.165) is 0 Å². The molecule has 0 fully saturated rings. The van der Waals surface area contributed by atoms with E-state index in [1.165, 1.54) is 18.6 Å². The maximum absolute atomic E-state index is 5.83. The zero-order valence-electron chi connectivity index (χ0n) is 12.6. The van der Waals surface area contributed by atoms with Crippen LogP contribution in [0.15, 0.2) is 34.4 Å². The zero-order valence-corrected chi connectivity index (χ0v) is 13.5. The van der Waals surface area contributed by atoms with Gasteiger partial charge in [-0.2, -0.15) is 9.36 Å². The van der Waals surface area contributed by atoms with E-state index in [9.17, 15) is 0 Å². The van der Waals surface area contributed by atoms with Gasteiger partial charge in [0.25, 0.3) is 5.19 Å². The Morgan fingerprint density at radius 2 is 2.26 bits per heavy atom. The van der Waals surface area contributed by atoms with Crippen LogP contribution in [0.2, 0.25) is 0 Å². The Kier molecular flexibility index (Phi) is 4.79. The van der Waals surface area contributed by atoms with Gasteiger partial charge in [0, 0.05) is 11.5 Å². The van der Waals surface area contributed by atoms with Crippen molar-refractivity contribution in [3.05, 3.63) is 35.7 Å². The summed E-state index contributed by atoms with van der Waals surface area (Å²) in [5.41, 5.74) is 3.95. The molecule has 2 heterocycles. The number of oxime groups is 1. The first-order valence-corrected chi connectivity index (χ1v) is 7.66. The molecule has 1 aliphatic rings. The summed E-state index contributed by atoms with van der Waals surface area (Å²) in [6.07, 6.45) is 0. The zero-order chi connectivity index (χ0) is 16.1. The molecule has 0 atom stereocenters. The summed E-state index contributed by atoms with van der Waals surface area (Å²) >= 11 is 1.19. The highest BCUT2D eigenvalue weighted by Crippen LogP contribution is 2.27. The molecular weight excluding hydrogens is 318 g/mol. The summed E-state index contributed by atoms with van der Waals surface area (Å²) in [6, 6.07) is 7.42. The van der Waals surface area contributed by atoms with E-state index in [-0.39, 0.29) is 0 Å². The smallest absolute Gasteiger partial charge is 0.298 e. The first-order chi connectivity index (χ1) is 11.3. The Balaban J connectivity index is 1.96. The van der Waals surface area contributed by atoms with Crippen molar-refractivity contribution in [3.63, 3.8) is 0 Å². The number of hydrogen-bond donors (Lipinski definition) is 1. The van der Waals surface area contributed by atoms with Crippen molar-refractivity contribution in [2.24, 2.45) is 10.1 Å². The van der Waals surface area contributed by atoms with Gasteiger partial charge >= 0.3 is 0 Å². The number of aryl methyl sites for hydroxylation is 1. The van der Waals surface area contributed by atoms with Crippen molar-refractivity contribution < 1.29 is 14.4 Å². The van der Waals surface area contributed by atoms with Crippen molar-refractivity contribution in [2.45, 2.75) is 6.92 Å². The van der Waals surface area contributed by atoms with Crippen LogP contribution in [-0.4, -0.2) is 41.2 Å². The quantitative estimate of drug-likeness (QED) is 0.664. The number of amidine groups is 1. The van der Waals surface area contributed by atoms with Crippen LogP contribution in [0.5, 0.6) is 10.9 Å². The summed E-state index contributed by atoms with van der Waals surface area (Å²) in [5, 5.41) is 4.52. The third-order valence-corrected chi connectivity index (χ3v) is 3.57. The van der Waals surface area contributed by atoms with Gasteiger partial charge in [-0.05, 0) is 19.1 Å². The largest absolute Gasteiger partial charge is 0.429 e. The van der Waals surface area contributed by atoms with Crippen molar-refractivity contribution in [1.82, 2.24) is 14.8 Å². The van der Waals surface area contributed by atoms with E-state index < -0.39 is 0 Å². The Bertz CT molecular complexity index is 744. The summed E-state index contributed by atoms with van der Waals surface area (Å²) < 4.78 is 9.94. The monoisotopic (exact) mass is 333 g/mol. The second-order valence-electron chi connectivity index (χ2n) is 4.51. The van der Waals surface area contributed by atoms with E-state index in [1.807, 2.05) is 31.2 Å². The lowest BCUT2D eigenvalue weighted by atomic mass is 10.1. The lowest BCUT2D eigenvalue weighted by Gasteiger charge is -2.17. The normalized spacial score (nSPS) is 14.9. The molecule has 0 saturated heterocycles. The van der Waals surface area contributed by atoms with Crippen LogP contribution >= 0.6 is 11.5 Å². The highest BCUT2D eigenvalue weighted by molar-refractivity contribution is 7.07. The first kappa shape index (κ1) is 15.4. The number of rotatable bonds is 5. The number of aromatic nitrogens is 2. The molecule has 8 nitrogen and oxygen atoms in total. The summed E-state index contributed by atoms with van der Waals surface area (Å²) in [7, 11) is 1.47. The van der Waals surface area contributed by atoms with Crippen molar-refractivity contribution in [1.29, 1.82) is 0 Å². The molecule has 3 rings (SSSR count). The van der Waals surface area contributed by atoms with Gasteiger partial charge in [0.15, 0.2) is 11.5 Å². The van der Waals surface area contributed by atoms with Crippen molar-refractivity contribution >= 4 is 23.1 Å². The molecule has 120 valence electrons. The fraction of sp³-hybridized carbons (Fsp3) is 0.286. The number of hydrogen-bond acceptors (Lipinski definition) is 9. The fourth-order valence-corrected chi connectivity index (χ4v) is 2.51. The predicted molar refractivity (Wildman–Crippen MR) is 86.1 cm³/mol. The predicted octanol–water partition coefficient (Wildman–Crippen LogP) is 1.92. The van der Waals surface area contributed by atoms with Crippen LogP contribution in [0.25, 0.3) is 0 Å². The van der Waals surface area contributed by atoms with Gasteiger partial charge in [-0.1, -0.05) is 17.3 Å². The van der Waals surface area contributed by atoms with Gasteiger partial charge in [0.2, 0.25) is 0 Å². The molecular formula is C14H15N5O3S. The SMILES string of the molecule is CON=C(C1=NCCON1)c1ccccc1Oc1nc(C)ns1. The van der Waals surface area contributed by atoms with Gasteiger partial charge in [-0.3, -0.25) is 9.83 Å². The van der Waals surface area contributed by atoms with Crippen LogP contribution in [0.3, 0.4) is 0 Å². The number of nitrogens with zero attached hydrogens (tertiary/aromatic N) is 4. The second kappa shape index (κ2) is 7.16. The Labute approximate surface area is 136 Å². The van der Waals surface area contributed by atoms with Crippen molar-refractivity contribution in [2.75, 3.05) is 20.3 Å². The molecule has 0 radical (unpaired) electrons. The van der Waals surface area contributed by atoms with Crippen LogP contribution in [0.4, 0.5) is 0 Å². The van der Waals surface area contributed by atoms with Crippen LogP contribution < -0.4 is 10.2 Å². The maximum atomic E-state index is 5.83. The highest BCUT2D eigenvalue weighted by atomic mass is 32.1. The van der Waals surface area contributed by atoms with Gasteiger partial charge in [-0.25, -0.2) is 5.48 Å². The first-order valence-electron chi connectivity index (χ1n) is 6.89. The third kappa shape index (κ3) is 3.63. The topological polar surface area (TPSA) is 90.2 Å². The third-order valence-electron chi connectivity index (χ3n) is 2.89. The van der Waals surface area contributed by atoms with Gasteiger partial charge in [0.1, 0.15) is 18.7 Å². The molecule has 23 heavy (non-hydrogen) atoms. The number of hydroxylamine groups is 1. The Morgan fingerprint density at radius 1 is 1.39 bits per heavy atom. The van der Waals surface area contributed by atoms with Crippen molar-refractivity contribution in [3.8, 4) is 10.9 Å². The number of nitrogens with one attached hydrogen (secondary N) is 1. The van der Waals surface area contributed by atoms with Gasteiger partial charge in [-0.15, -0.1) is 0 Å². The van der Waals surface area contributed by atoms with E-state index in [2.05, 4.69) is 25.0 Å². The number of benzene rings is 1. The van der Waals surface area contributed by atoms with Crippen LogP contribution in [-0.2, 0) is 9.68 Å². The maximum Gasteiger partial charge on any atom is 0.298 e. The van der Waals surface area contributed by atoms with Gasteiger partial charge in [0.05, 0.1) is 18.7 Å². The van der Waals surface area contributed by atoms with Gasteiger partial charge < -0.3 is 9.57 Å². The fourth-order valence-electron chi connectivity index (χ4n) is 1.95. The standard InChI is InChI=1S/C14H15N5O3S/c1-9-16-14(23-19-9)22-11-6-4-3-5-10(11)12(17-20-2)13-15-7-8-21-18-13/h3-6H,7-8H2,1-2H3,(H,15,18). The molecule has 0 unspecified atom stereocenters. The van der Waals surface area contributed by atoms with E-state index in [4.69, 9.17) is 14.4 Å². The van der Waals surface area contributed by atoms with E-state index in [1.54, 1.807) is 0 Å². The summed E-state index contributed by atoms with van der Waals surface area (Å²) in [6.45, 7) is 2.86. The summed E-state index contributed by atoms with van der Waals surface area (Å²) in [5.74, 6) is 1.73. The molecule has 1 aliphatic heterocycles. The number of aliphatic imine (C=N–C) groups is 1. The minimum Gasteiger partial charge on any atom is -0.429 e. The minimum atomic E-state index is 0.460. The molecule has 0 amide bonds. The lowest BCUT2D eigenvalue weighted by Crippen LogP contribution is -2.37. The van der Waals surface area contributed by atoms with Crippen LogP contribution in [0.1, 0.15) is 11.4 Å². The minimum absolute atomic E-state index is 0.460. The lowest BCUT2D eigenvalue weighted by molar-refractivity contribution is 0.0836. The number of ether oxygens (including phenoxy) is 1. The average molecular weight is 333 g/mol. The molecule has 9 heteroatoms. The number of para-hydroxylation sites is 1. The molecule has 2 aromatic rings. The molecule has 1 aromatic heterocycles. The molecule has 0 aliphatic carbocycles. The molecule has 1 aromatic carbocycles. The van der Waals surface area contributed by atoms with Crippen LogP contribution in [0, 0.1) is 6.92 Å². The highest BCUT2D eigenvalue weighted by Gasteiger charge is 2.20. The summed E-state index contributed by atoms with van der Waals surface area (Å²) in [4.78, 5) is 18.7. The Hall–Kier alpha value is -2.52. The van der Waals surface area contributed by atoms with E-state index in [0.29, 0.717) is 47.0 Å². The Morgan fingerprint density at radius 3 is 2.96 bits per heavy atom. The molecule has 0 spiro atoms. The second-order valence-corrected chi connectivity index (χ2v) is 5.22. The molecule has 0 bridgehead atoms. The van der Waals surface area contributed by atoms with E-state index >= 15 is 0 Å². The molecule has 1 N–H and O–H groups in total. The average Bonchev–Trinajstić information content (AvgIpc) is 2.99.